The van der Waals surface area contributed by atoms with Crippen LogP contribution in [0.25, 0.3) is 5.57 Å². The minimum Gasteiger partial charge on any atom is -0.481 e. The zero-order valence-corrected chi connectivity index (χ0v) is 26.3. The molecular weight excluding hydrogens is 552 g/mol. The molecule has 8 heteroatoms. The Morgan fingerprint density at radius 1 is 1.14 bits per heavy atom. The summed E-state index contributed by atoms with van der Waals surface area (Å²) in [4.78, 5) is 48.9. The lowest BCUT2D eigenvalue weighted by Gasteiger charge is -2.46. The molecule has 230 valence electrons. The zero-order valence-electron chi connectivity index (χ0n) is 26.3. The average molecular weight is 595 g/mol. The molecule has 1 atom stereocenters. The van der Waals surface area contributed by atoms with Crippen molar-refractivity contribution in [2.75, 3.05) is 6.54 Å². The molecule has 44 heavy (non-hydrogen) atoms. The molecule has 8 nitrogen and oxygen atoms in total. The van der Waals surface area contributed by atoms with Gasteiger partial charge < -0.3 is 15.3 Å². The Balaban J connectivity index is 1.65. The van der Waals surface area contributed by atoms with Crippen LogP contribution in [0, 0.1) is 23.7 Å². The fraction of sp³-hybridized carbons (Fsp3) is 0.417. The molecule has 2 amide bonds. The summed E-state index contributed by atoms with van der Waals surface area (Å²) in [6.45, 7) is 10.8. The van der Waals surface area contributed by atoms with E-state index in [0.29, 0.717) is 17.2 Å². The van der Waals surface area contributed by atoms with E-state index in [4.69, 9.17) is 16.5 Å². The number of amides is 2. The van der Waals surface area contributed by atoms with Gasteiger partial charge in [-0.2, -0.15) is 0 Å². The number of benzene rings is 1. The minimum absolute atomic E-state index is 0.0546. The maximum Gasteiger partial charge on any atom is 0.305 e. The van der Waals surface area contributed by atoms with Gasteiger partial charge in [0.1, 0.15) is 11.4 Å². The molecule has 1 aromatic carbocycles. The number of nitrogens with one attached hydrogen (secondary N) is 1. The third-order valence-corrected chi connectivity index (χ3v) is 8.87. The van der Waals surface area contributed by atoms with Crippen molar-refractivity contribution in [1.82, 2.24) is 15.2 Å². The Bertz CT molecular complexity index is 1520. The molecular formula is C36H42N4O4. The van der Waals surface area contributed by atoms with E-state index in [1.165, 1.54) is 0 Å². The molecule has 0 saturated heterocycles. The Labute approximate surface area is 260 Å². The number of nitrogens with zero attached hydrogens (tertiary/aromatic N) is 3. The van der Waals surface area contributed by atoms with E-state index < -0.39 is 11.6 Å². The molecule has 2 N–H and O–H groups in total. The standard InChI is InChI=1S/C36H42N4O4/c1-7-8-29(27-15-20-37-21-16-27)23-24(2)32-34(44)40(36(39-32)18-13-30(14-19-36)35(4,5)6)25(3)26-9-11-28(12-10-26)33(43)38-22-17-31(41)42/h1,8-12,15-16,20-21,23,25,30H,13-14,17-19,22H2,2-6H3,(H,38,43)(H,41,42). The summed E-state index contributed by atoms with van der Waals surface area (Å²) >= 11 is 0. The average Bonchev–Trinajstić information content (AvgIpc) is 3.27. The number of rotatable bonds is 9. The molecule has 1 saturated carbocycles. The fourth-order valence-corrected chi connectivity index (χ4v) is 6.30. The van der Waals surface area contributed by atoms with Crippen molar-refractivity contribution in [2.24, 2.45) is 16.3 Å². The smallest absolute Gasteiger partial charge is 0.305 e. The molecule has 2 aliphatic rings. The lowest BCUT2D eigenvalue weighted by molar-refractivity contribution is -0.137. The van der Waals surface area contributed by atoms with Gasteiger partial charge in [-0.25, -0.2) is 0 Å². The fourth-order valence-electron chi connectivity index (χ4n) is 6.30. The number of aliphatic imine (C=N–C) groups is 1. The number of carboxylic acids is 1. The first-order chi connectivity index (χ1) is 20.9. The van der Waals surface area contributed by atoms with Crippen molar-refractivity contribution in [1.29, 1.82) is 0 Å². The maximum atomic E-state index is 14.3. The van der Waals surface area contributed by atoms with E-state index in [1.54, 1.807) is 30.6 Å². The molecule has 1 spiro atoms. The predicted molar refractivity (Wildman–Crippen MR) is 173 cm³/mol. The van der Waals surface area contributed by atoms with E-state index in [2.05, 4.69) is 37.0 Å². The van der Waals surface area contributed by atoms with E-state index in [9.17, 15) is 14.4 Å². The topological polar surface area (TPSA) is 112 Å². The number of carboxylic acid groups (broad SMARTS) is 1. The van der Waals surface area contributed by atoms with Crippen LogP contribution in [-0.4, -0.2) is 50.7 Å². The van der Waals surface area contributed by atoms with Gasteiger partial charge in [0.05, 0.1) is 12.5 Å². The number of carbonyl (C=O) groups is 3. The molecule has 4 rings (SSSR count). The SMILES string of the molecule is C#CC=C(C=C(C)C1=NC2(CCC(C(C)(C)C)CC2)N(C(C)c2ccc(C(=O)NCCC(=O)O)cc2)C1=O)c1ccncc1. The van der Waals surface area contributed by atoms with Gasteiger partial charge in [0.2, 0.25) is 0 Å². The monoisotopic (exact) mass is 594 g/mol. The van der Waals surface area contributed by atoms with Gasteiger partial charge in [0, 0.05) is 24.5 Å². The van der Waals surface area contributed by atoms with Crippen molar-refractivity contribution in [3.63, 3.8) is 0 Å². The Hall–Kier alpha value is -4.51. The second-order valence-corrected chi connectivity index (χ2v) is 12.8. The van der Waals surface area contributed by atoms with Crippen LogP contribution < -0.4 is 5.32 Å². The van der Waals surface area contributed by atoms with Crippen molar-refractivity contribution < 1.29 is 19.5 Å². The number of hydrogen-bond donors (Lipinski definition) is 2. The molecule has 1 unspecified atom stereocenters. The van der Waals surface area contributed by atoms with Gasteiger partial charge in [-0.05, 0) is 110 Å². The first-order valence-corrected chi connectivity index (χ1v) is 15.1. The number of aliphatic carboxylic acids is 1. The van der Waals surface area contributed by atoms with E-state index >= 15 is 0 Å². The summed E-state index contributed by atoms with van der Waals surface area (Å²) in [5.74, 6) is 1.72. The van der Waals surface area contributed by atoms with Crippen molar-refractivity contribution in [2.45, 2.75) is 78.4 Å². The summed E-state index contributed by atoms with van der Waals surface area (Å²) in [7, 11) is 0. The van der Waals surface area contributed by atoms with Crippen LogP contribution in [0.2, 0.25) is 0 Å². The molecule has 2 heterocycles. The Kier molecular flexibility index (Phi) is 9.88. The van der Waals surface area contributed by atoms with Crippen LogP contribution in [0.5, 0.6) is 0 Å². The highest BCUT2D eigenvalue weighted by Crippen LogP contribution is 2.49. The summed E-state index contributed by atoms with van der Waals surface area (Å²) in [6.07, 6.45) is 16.0. The number of hydrogen-bond acceptors (Lipinski definition) is 5. The molecule has 0 radical (unpaired) electrons. The van der Waals surface area contributed by atoms with E-state index in [1.807, 2.05) is 49.1 Å². The van der Waals surface area contributed by atoms with Crippen molar-refractivity contribution in [3.05, 3.63) is 83.2 Å². The van der Waals surface area contributed by atoms with Crippen LogP contribution in [0.15, 0.2) is 71.5 Å². The number of carbonyl (C=O) groups excluding carboxylic acids is 2. The maximum absolute atomic E-state index is 14.3. The van der Waals surface area contributed by atoms with Crippen LogP contribution >= 0.6 is 0 Å². The molecule has 1 aliphatic heterocycles. The molecule has 0 bridgehead atoms. The number of aromatic nitrogens is 1. The van der Waals surface area contributed by atoms with Crippen LogP contribution in [-0.2, 0) is 9.59 Å². The first-order valence-electron chi connectivity index (χ1n) is 15.1. The summed E-state index contributed by atoms with van der Waals surface area (Å²) in [5.41, 5.74) is 3.72. The largest absolute Gasteiger partial charge is 0.481 e. The normalized spacial score (nSPS) is 21.5. The highest BCUT2D eigenvalue weighted by molar-refractivity contribution is 6.46. The van der Waals surface area contributed by atoms with Crippen LogP contribution in [0.3, 0.4) is 0 Å². The summed E-state index contributed by atoms with van der Waals surface area (Å²) in [6, 6.07) is 10.6. The lowest BCUT2D eigenvalue weighted by atomic mass is 9.69. The van der Waals surface area contributed by atoms with Gasteiger partial charge in [-0.3, -0.25) is 24.4 Å². The molecule has 1 fully saturated rings. The lowest BCUT2D eigenvalue weighted by Crippen LogP contribution is -2.50. The van der Waals surface area contributed by atoms with Gasteiger partial charge in [-0.1, -0.05) is 38.8 Å². The number of allylic oxidation sites excluding steroid dienone is 3. The predicted octanol–water partition coefficient (Wildman–Crippen LogP) is 6.23. The second kappa shape index (κ2) is 13.4. The molecule has 2 aromatic rings. The quantitative estimate of drug-likeness (QED) is 0.264. The molecule has 1 aromatic heterocycles. The summed E-state index contributed by atoms with van der Waals surface area (Å²) < 4.78 is 0. The number of terminal acetylenes is 1. The van der Waals surface area contributed by atoms with Gasteiger partial charge >= 0.3 is 5.97 Å². The Morgan fingerprint density at radius 2 is 1.77 bits per heavy atom. The van der Waals surface area contributed by atoms with Crippen LogP contribution in [0.1, 0.15) is 94.2 Å². The van der Waals surface area contributed by atoms with Crippen molar-refractivity contribution in [3.8, 4) is 12.3 Å². The Morgan fingerprint density at radius 3 is 2.34 bits per heavy atom. The zero-order chi connectivity index (χ0) is 32.1. The number of pyridine rings is 1. The first kappa shape index (κ1) is 32.4. The van der Waals surface area contributed by atoms with E-state index in [0.717, 1.165) is 48.0 Å². The van der Waals surface area contributed by atoms with E-state index in [-0.39, 0.29) is 36.2 Å². The minimum atomic E-state index is -0.970. The van der Waals surface area contributed by atoms with Gasteiger partial charge in [0.25, 0.3) is 11.8 Å². The second-order valence-electron chi connectivity index (χ2n) is 12.8. The third-order valence-electron chi connectivity index (χ3n) is 8.87. The van der Waals surface area contributed by atoms with Crippen LogP contribution in [0.4, 0.5) is 0 Å². The molecule has 1 aliphatic carbocycles. The highest BCUT2D eigenvalue weighted by Gasteiger charge is 2.51. The van der Waals surface area contributed by atoms with Gasteiger partial charge in [0.15, 0.2) is 0 Å². The van der Waals surface area contributed by atoms with Crippen molar-refractivity contribution >= 4 is 29.1 Å². The third kappa shape index (κ3) is 7.16. The van der Waals surface area contributed by atoms with Gasteiger partial charge in [-0.15, -0.1) is 6.42 Å². The summed E-state index contributed by atoms with van der Waals surface area (Å²) in [5, 5.41) is 11.5. The highest BCUT2D eigenvalue weighted by atomic mass is 16.4.